The highest BCUT2D eigenvalue weighted by atomic mass is 16.6. The van der Waals surface area contributed by atoms with Gasteiger partial charge in [0.05, 0.1) is 13.2 Å². The number of aliphatic hydroxyl groups excluding tert-OH is 2. The van der Waals surface area contributed by atoms with Gasteiger partial charge in [0, 0.05) is 13.1 Å². The number of carbonyl (C=O) groups is 3. The molecule has 0 aromatic heterocycles. The lowest BCUT2D eigenvalue weighted by Gasteiger charge is -2.33. The minimum absolute atomic E-state index is 0.184. The Morgan fingerprint density at radius 1 is 1.21 bits per heavy atom. The first-order valence-electron chi connectivity index (χ1n) is 11.6. The number of unbranched alkanes of at least 4 members (excludes halogenated alkanes) is 2. The van der Waals surface area contributed by atoms with Crippen molar-refractivity contribution in [1.82, 2.24) is 15.5 Å². The van der Waals surface area contributed by atoms with Gasteiger partial charge in [-0.2, -0.15) is 0 Å². The molecule has 2 unspecified atom stereocenters. The van der Waals surface area contributed by atoms with E-state index in [1.165, 1.54) is 0 Å². The van der Waals surface area contributed by atoms with Crippen LogP contribution in [-0.2, 0) is 14.3 Å². The normalized spacial score (nSPS) is 12.9. The van der Waals surface area contributed by atoms with Crippen LogP contribution in [-0.4, -0.2) is 71.0 Å². The molecule has 0 saturated carbocycles. The number of hydrogen-bond donors (Lipinski definition) is 4. The second-order valence-electron chi connectivity index (χ2n) is 8.91. The number of hydrogen-bond acceptors (Lipinski definition) is 6. The number of nitrogens with one attached hydrogen (secondary N) is 2. The SMILES string of the molecule is C=Cc1cccc(C(C(=O)NCCCCC)N(CCO)C(=O)C(CO)NC(=O)OC(C)(C)C)c1. The first-order chi connectivity index (χ1) is 16.1. The number of benzene rings is 1. The minimum atomic E-state index is -1.36. The second-order valence-corrected chi connectivity index (χ2v) is 8.91. The first kappa shape index (κ1) is 29.1. The summed E-state index contributed by atoms with van der Waals surface area (Å²) in [6, 6.07) is 4.54. The third-order valence-corrected chi connectivity index (χ3v) is 4.90. The van der Waals surface area contributed by atoms with E-state index >= 15 is 0 Å². The molecule has 0 fully saturated rings. The standard InChI is InChI=1S/C25H39N3O6/c1-6-8-9-13-26-22(31)21(19-12-10-11-18(7-2)16-19)28(14-15-29)23(32)20(17-30)27-24(33)34-25(3,4)5/h7,10-12,16,20-21,29-30H,2,6,8-9,13-15,17H2,1,3-5H3,(H,26,31)(H,27,33). The van der Waals surface area contributed by atoms with E-state index in [9.17, 15) is 24.6 Å². The van der Waals surface area contributed by atoms with Gasteiger partial charge >= 0.3 is 6.09 Å². The Labute approximate surface area is 202 Å². The van der Waals surface area contributed by atoms with E-state index in [1.54, 1.807) is 45.0 Å². The van der Waals surface area contributed by atoms with Crippen molar-refractivity contribution in [2.75, 3.05) is 26.3 Å². The van der Waals surface area contributed by atoms with Crippen LogP contribution in [0.2, 0.25) is 0 Å². The number of carbonyl (C=O) groups excluding carboxylic acids is 3. The molecule has 34 heavy (non-hydrogen) atoms. The van der Waals surface area contributed by atoms with Crippen LogP contribution in [0.4, 0.5) is 4.79 Å². The molecular weight excluding hydrogens is 438 g/mol. The van der Waals surface area contributed by atoms with Crippen molar-refractivity contribution < 1.29 is 29.3 Å². The average Bonchev–Trinajstić information content (AvgIpc) is 2.78. The number of alkyl carbamates (subject to hydrolysis) is 1. The van der Waals surface area contributed by atoms with Crippen LogP contribution in [0, 0.1) is 0 Å². The Bertz CT molecular complexity index is 821. The summed E-state index contributed by atoms with van der Waals surface area (Å²) in [5.74, 6) is -1.15. The molecule has 1 rings (SSSR count). The van der Waals surface area contributed by atoms with Gasteiger partial charge in [0.15, 0.2) is 0 Å². The van der Waals surface area contributed by atoms with Crippen molar-refractivity contribution in [3.63, 3.8) is 0 Å². The summed E-state index contributed by atoms with van der Waals surface area (Å²) in [5, 5.41) is 24.7. The molecule has 190 valence electrons. The summed E-state index contributed by atoms with van der Waals surface area (Å²) in [4.78, 5) is 40.0. The van der Waals surface area contributed by atoms with Gasteiger partial charge in [-0.05, 0) is 44.4 Å². The summed E-state index contributed by atoms with van der Waals surface area (Å²) in [5.41, 5.74) is 0.466. The maximum Gasteiger partial charge on any atom is 0.408 e. The molecule has 3 amide bonds. The lowest BCUT2D eigenvalue weighted by atomic mass is 10.0. The highest BCUT2D eigenvalue weighted by Crippen LogP contribution is 2.24. The molecule has 9 nitrogen and oxygen atoms in total. The van der Waals surface area contributed by atoms with Crippen molar-refractivity contribution >= 4 is 24.0 Å². The van der Waals surface area contributed by atoms with Crippen LogP contribution >= 0.6 is 0 Å². The molecule has 0 saturated heterocycles. The molecule has 0 aliphatic heterocycles. The van der Waals surface area contributed by atoms with E-state index in [2.05, 4.69) is 24.1 Å². The molecule has 1 aromatic rings. The highest BCUT2D eigenvalue weighted by Gasteiger charge is 2.35. The minimum Gasteiger partial charge on any atom is -0.444 e. The number of aliphatic hydroxyl groups is 2. The van der Waals surface area contributed by atoms with Crippen molar-refractivity contribution in [3.05, 3.63) is 42.0 Å². The van der Waals surface area contributed by atoms with Crippen LogP contribution in [0.5, 0.6) is 0 Å². The fourth-order valence-electron chi connectivity index (χ4n) is 3.32. The predicted molar refractivity (Wildman–Crippen MR) is 131 cm³/mol. The summed E-state index contributed by atoms with van der Waals surface area (Å²) in [7, 11) is 0. The highest BCUT2D eigenvalue weighted by molar-refractivity contribution is 5.92. The Morgan fingerprint density at radius 2 is 1.91 bits per heavy atom. The quantitative estimate of drug-likeness (QED) is 0.323. The Balaban J connectivity index is 3.29. The molecule has 2 atom stereocenters. The Morgan fingerprint density at radius 3 is 2.47 bits per heavy atom. The fourth-order valence-corrected chi connectivity index (χ4v) is 3.32. The number of amides is 3. The van der Waals surface area contributed by atoms with E-state index < -0.39 is 48.8 Å². The molecule has 0 radical (unpaired) electrons. The van der Waals surface area contributed by atoms with E-state index in [0.717, 1.165) is 29.7 Å². The smallest absolute Gasteiger partial charge is 0.408 e. The van der Waals surface area contributed by atoms with Gasteiger partial charge in [0.2, 0.25) is 11.8 Å². The van der Waals surface area contributed by atoms with Crippen LogP contribution < -0.4 is 10.6 Å². The molecule has 0 heterocycles. The summed E-state index contributed by atoms with van der Waals surface area (Å²) in [6.45, 7) is 9.94. The van der Waals surface area contributed by atoms with Crippen LogP contribution in [0.3, 0.4) is 0 Å². The maximum absolute atomic E-state index is 13.4. The third kappa shape index (κ3) is 9.52. The summed E-state index contributed by atoms with van der Waals surface area (Å²) in [6.07, 6.45) is 3.47. The maximum atomic E-state index is 13.4. The number of rotatable bonds is 13. The Kier molecular flexibility index (Phi) is 12.3. The van der Waals surface area contributed by atoms with Gasteiger partial charge in [0.25, 0.3) is 0 Å². The van der Waals surface area contributed by atoms with E-state index in [0.29, 0.717) is 12.1 Å². The number of nitrogens with zero attached hydrogens (tertiary/aromatic N) is 1. The predicted octanol–water partition coefficient (Wildman–Crippen LogP) is 2.38. The van der Waals surface area contributed by atoms with Gasteiger partial charge in [-0.15, -0.1) is 0 Å². The van der Waals surface area contributed by atoms with Gasteiger partial charge in [-0.1, -0.05) is 50.6 Å². The van der Waals surface area contributed by atoms with E-state index in [4.69, 9.17) is 4.74 Å². The fraction of sp³-hybridized carbons (Fsp3) is 0.560. The Hall–Kier alpha value is -2.91. The lowest BCUT2D eigenvalue weighted by molar-refractivity contribution is -0.143. The summed E-state index contributed by atoms with van der Waals surface area (Å²) >= 11 is 0. The van der Waals surface area contributed by atoms with Gasteiger partial charge in [0.1, 0.15) is 17.7 Å². The number of ether oxygens (including phenoxy) is 1. The zero-order valence-electron chi connectivity index (χ0n) is 20.7. The topological polar surface area (TPSA) is 128 Å². The molecule has 4 N–H and O–H groups in total. The summed E-state index contributed by atoms with van der Waals surface area (Å²) < 4.78 is 5.19. The average molecular weight is 478 g/mol. The van der Waals surface area contributed by atoms with Crippen LogP contribution in [0.15, 0.2) is 30.8 Å². The van der Waals surface area contributed by atoms with Gasteiger partial charge in [-0.25, -0.2) is 4.79 Å². The van der Waals surface area contributed by atoms with E-state index in [-0.39, 0.29) is 6.54 Å². The van der Waals surface area contributed by atoms with Gasteiger partial charge in [-0.3, -0.25) is 9.59 Å². The largest absolute Gasteiger partial charge is 0.444 e. The zero-order valence-corrected chi connectivity index (χ0v) is 20.7. The lowest BCUT2D eigenvalue weighted by Crippen LogP contribution is -2.55. The zero-order chi connectivity index (χ0) is 25.7. The van der Waals surface area contributed by atoms with E-state index in [1.807, 2.05) is 6.07 Å². The first-order valence-corrected chi connectivity index (χ1v) is 11.6. The van der Waals surface area contributed by atoms with Crippen LogP contribution in [0.25, 0.3) is 6.08 Å². The van der Waals surface area contributed by atoms with Crippen molar-refractivity contribution in [1.29, 1.82) is 0 Å². The van der Waals surface area contributed by atoms with Gasteiger partial charge < -0.3 is 30.5 Å². The van der Waals surface area contributed by atoms with Crippen molar-refractivity contribution in [2.24, 2.45) is 0 Å². The third-order valence-electron chi connectivity index (χ3n) is 4.90. The molecule has 0 spiro atoms. The molecule has 9 heteroatoms. The monoisotopic (exact) mass is 477 g/mol. The molecule has 0 bridgehead atoms. The molecule has 0 aliphatic rings. The van der Waals surface area contributed by atoms with Crippen molar-refractivity contribution in [3.8, 4) is 0 Å². The van der Waals surface area contributed by atoms with Crippen molar-refractivity contribution in [2.45, 2.75) is 64.6 Å². The molecule has 0 aliphatic carbocycles. The van der Waals surface area contributed by atoms with Crippen LogP contribution in [0.1, 0.15) is 64.1 Å². The molecule has 1 aromatic carbocycles. The molecular formula is C25H39N3O6. The second kappa shape index (κ2) is 14.4.